The van der Waals surface area contributed by atoms with Crippen molar-refractivity contribution in [3.05, 3.63) is 42.1 Å². The molecular weight excluding hydrogens is 302 g/mol. The third-order valence-corrected chi connectivity index (χ3v) is 5.12. The lowest BCUT2D eigenvalue weighted by molar-refractivity contribution is -0.123. The van der Waals surface area contributed by atoms with Crippen molar-refractivity contribution < 1.29 is 9.53 Å². The number of hydrogen-bond acceptors (Lipinski definition) is 4. The van der Waals surface area contributed by atoms with Gasteiger partial charge in [-0.25, -0.2) is 0 Å². The number of likely N-dealkylation sites (tertiary alicyclic amines) is 1. The lowest BCUT2D eigenvalue weighted by Gasteiger charge is -2.18. The number of amides is 1. The molecule has 1 N–H and O–H groups in total. The Morgan fingerprint density at radius 3 is 3.00 bits per heavy atom. The van der Waals surface area contributed by atoms with Gasteiger partial charge in [0.2, 0.25) is 5.91 Å². The minimum atomic E-state index is 0.0668. The van der Waals surface area contributed by atoms with E-state index in [1.807, 2.05) is 12.1 Å². The van der Waals surface area contributed by atoms with Crippen molar-refractivity contribution in [1.29, 1.82) is 0 Å². The van der Waals surface area contributed by atoms with Crippen LogP contribution >= 0.6 is 0 Å². The van der Waals surface area contributed by atoms with Gasteiger partial charge in [-0.1, -0.05) is 24.3 Å². The van der Waals surface area contributed by atoms with E-state index in [0.717, 1.165) is 37.3 Å². The van der Waals surface area contributed by atoms with Gasteiger partial charge in [0.05, 0.1) is 29.8 Å². The zero-order valence-corrected chi connectivity index (χ0v) is 13.9. The fourth-order valence-corrected chi connectivity index (χ4v) is 3.94. The standard InChI is InChI=1S/C19H23N3O2/c1-20-19(23)9-16-8-14-10-22(12-18(14)24-16)11-15-7-6-13-4-2-3-5-17(13)21-15/h2-7,14,16,18H,8-12H2,1H3,(H,20,23)/t14-,16+,18+/m1/s1. The van der Waals surface area contributed by atoms with Crippen molar-refractivity contribution in [2.45, 2.75) is 31.6 Å². The Labute approximate surface area is 142 Å². The highest BCUT2D eigenvalue weighted by Crippen LogP contribution is 2.34. The van der Waals surface area contributed by atoms with Gasteiger partial charge in [0.25, 0.3) is 0 Å². The Balaban J connectivity index is 1.36. The highest BCUT2D eigenvalue weighted by molar-refractivity contribution is 5.78. The fourth-order valence-electron chi connectivity index (χ4n) is 3.94. The molecule has 2 aromatic rings. The van der Waals surface area contributed by atoms with Crippen molar-refractivity contribution in [2.75, 3.05) is 20.1 Å². The number of rotatable bonds is 4. The molecule has 2 aliphatic heterocycles. The van der Waals surface area contributed by atoms with Crippen LogP contribution in [0.25, 0.3) is 10.9 Å². The van der Waals surface area contributed by atoms with Gasteiger partial charge in [0.1, 0.15) is 0 Å². The summed E-state index contributed by atoms with van der Waals surface area (Å²) in [6, 6.07) is 12.5. The molecule has 24 heavy (non-hydrogen) atoms. The van der Waals surface area contributed by atoms with Gasteiger partial charge < -0.3 is 10.1 Å². The average molecular weight is 325 g/mol. The molecule has 126 valence electrons. The summed E-state index contributed by atoms with van der Waals surface area (Å²) < 4.78 is 6.07. The minimum Gasteiger partial charge on any atom is -0.373 e. The van der Waals surface area contributed by atoms with Gasteiger partial charge in [-0.2, -0.15) is 0 Å². The summed E-state index contributed by atoms with van der Waals surface area (Å²) in [5, 5.41) is 3.86. The lowest BCUT2D eigenvalue weighted by atomic mass is 10.0. The molecule has 2 fully saturated rings. The number of ether oxygens (including phenoxy) is 1. The number of carbonyl (C=O) groups is 1. The number of hydrogen-bond donors (Lipinski definition) is 1. The Kier molecular flexibility index (Phi) is 4.21. The molecule has 1 aromatic heterocycles. The van der Waals surface area contributed by atoms with E-state index in [4.69, 9.17) is 9.72 Å². The number of benzene rings is 1. The number of carbonyl (C=O) groups excluding carboxylic acids is 1. The Bertz CT molecular complexity index is 734. The predicted molar refractivity (Wildman–Crippen MR) is 92.5 cm³/mol. The van der Waals surface area contributed by atoms with E-state index >= 15 is 0 Å². The van der Waals surface area contributed by atoms with E-state index in [9.17, 15) is 4.79 Å². The van der Waals surface area contributed by atoms with E-state index in [2.05, 4.69) is 34.5 Å². The van der Waals surface area contributed by atoms with E-state index in [1.54, 1.807) is 7.05 Å². The molecule has 0 saturated carbocycles. The highest BCUT2D eigenvalue weighted by Gasteiger charge is 2.42. The van der Waals surface area contributed by atoms with Crippen molar-refractivity contribution in [3.8, 4) is 0 Å². The molecular formula is C19H23N3O2. The third kappa shape index (κ3) is 3.14. The first-order valence-electron chi connectivity index (χ1n) is 8.64. The summed E-state index contributed by atoms with van der Waals surface area (Å²) in [6.07, 6.45) is 1.82. The monoisotopic (exact) mass is 325 g/mol. The quantitative estimate of drug-likeness (QED) is 0.934. The maximum atomic E-state index is 11.5. The van der Waals surface area contributed by atoms with E-state index in [-0.39, 0.29) is 18.1 Å². The summed E-state index contributed by atoms with van der Waals surface area (Å²) >= 11 is 0. The summed E-state index contributed by atoms with van der Waals surface area (Å²) in [6.45, 7) is 2.83. The molecule has 0 radical (unpaired) electrons. The van der Waals surface area contributed by atoms with Crippen LogP contribution in [0.1, 0.15) is 18.5 Å². The summed E-state index contributed by atoms with van der Waals surface area (Å²) in [4.78, 5) is 18.7. The number of aromatic nitrogens is 1. The molecule has 5 nitrogen and oxygen atoms in total. The highest BCUT2D eigenvalue weighted by atomic mass is 16.5. The molecule has 3 atom stereocenters. The number of nitrogens with one attached hydrogen (secondary N) is 1. The third-order valence-electron chi connectivity index (χ3n) is 5.12. The molecule has 4 rings (SSSR count). The summed E-state index contributed by atoms with van der Waals surface area (Å²) in [7, 11) is 1.68. The summed E-state index contributed by atoms with van der Waals surface area (Å²) in [5.74, 6) is 0.609. The van der Waals surface area contributed by atoms with Crippen LogP contribution in [0.4, 0.5) is 0 Å². The van der Waals surface area contributed by atoms with Gasteiger partial charge in [-0.05, 0) is 18.6 Å². The fraction of sp³-hybridized carbons (Fsp3) is 0.474. The van der Waals surface area contributed by atoms with Crippen molar-refractivity contribution in [1.82, 2.24) is 15.2 Å². The topological polar surface area (TPSA) is 54.5 Å². The van der Waals surface area contributed by atoms with Gasteiger partial charge in [0.15, 0.2) is 0 Å². The smallest absolute Gasteiger partial charge is 0.222 e. The first-order chi connectivity index (χ1) is 11.7. The van der Waals surface area contributed by atoms with Gasteiger partial charge in [-0.3, -0.25) is 14.7 Å². The second kappa shape index (κ2) is 6.49. The summed E-state index contributed by atoms with van der Waals surface area (Å²) in [5.41, 5.74) is 2.16. The van der Waals surface area contributed by atoms with Crippen LogP contribution in [0, 0.1) is 5.92 Å². The van der Waals surface area contributed by atoms with Crippen molar-refractivity contribution in [2.24, 2.45) is 5.92 Å². The number of fused-ring (bicyclic) bond motifs is 2. The van der Waals surface area contributed by atoms with Crippen molar-refractivity contribution >= 4 is 16.8 Å². The molecule has 2 aliphatic rings. The first kappa shape index (κ1) is 15.5. The van der Waals surface area contributed by atoms with E-state index in [1.165, 1.54) is 5.39 Å². The van der Waals surface area contributed by atoms with Crippen molar-refractivity contribution in [3.63, 3.8) is 0 Å². The normalized spacial score (nSPS) is 26.6. The van der Waals surface area contributed by atoms with Crippen LogP contribution in [0.2, 0.25) is 0 Å². The Morgan fingerprint density at radius 1 is 1.29 bits per heavy atom. The SMILES string of the molecule is CNC(=O)C[C@@H]1C[C@@H]2CN(Cc3ccc4ccccc4n3)C[C@@H]2O1. The Hall–Kier alpha value is -1.98. The van der Waals surface area contributed by atoms with Crippen LogP contribution in [-0.4, -0.2) is 48.1 Å². The van der Waals surface area contributed by atoms with Gasteiger partial charge in [0, 0.05) is 38.0 Å². The zero-order valence-electron chi connectivity index (χ0n) is 13.9. The molecule has 0 spiro atoms. The zero-order chi connectivity index (χ0) is 16.5. The predicted octanol–water partition coefficient (Wildman–Crippen LogP) is 1.96. The maximum Gasteiger partial charge on any atom is 0.222 e. The van der Waals surface area contributed by atoms with Crippen LogP contribution in [0.15, 0.2) is 36.4 Å². The van der Waals surface area contributed by atoms with E-state index < -0.39 is 0 Å². The number of para-hydroxylation sites is 1. The average Bonchev–Trinajstić information content (AvgIpc) is 3.12. The molecule has 1 amide bonds. The number of nitrogens with zero attached hydrogens (tertiary/aromatic N) is 2. The van der Waals surface area contributed by atoms with Gasteiger partial charge in [-0.15, -0.1) is 0 Å². The second-order valence-corrected chi connectivity index (χ2v) is 6.86. The molecule has 0 bridgehead atoms. The molecule has 3 heterocycles. The van der Waals surface area contributed by atoms with Crippen LogP contribution in [-0.2, 0) is 16.1 Å². The van der Waals surface area contributed by atoms with E-state index in [0.29, 0.717) is 12.3 Å². The Morgan fingerprint density at radius 2 is 2.17 bits per heavy atom. The molecule has 2 saturated heterocycles. The van der Waals surface area contributed by atoms with Crippen LogP contribution in [0.5, 0.6) is 0 Å². The molecule has 0 aliphatic carbocycles. The van der Waals surface area contributed by atoms with Crippen LogP contribution in [0.3, 0.4) is 0 Å². The second-order valence-electron chi connectivity index (χ2n) is 6.86. The molecule has 5 heteroatoms. The first-order valence-corrected chi connectivity index (χ1v) is 8.64. The molecule has 1 aromatic carbocycles. The van der Waals surface area contributed by atoms with Gasteiger partial charge >= 0.3 is 0 Å². The van der Waals surface area contributed by atoms with Crippen LogP contribution < -0.4 is 5.32 Å². The lowest BCUT2D eigenvalue weighted by Crippen LogP contribution is -2.28. The minimum absolute atomic E-state index is 0.0668. The number of pyridine rings is 1. The maximum absolute atomic E-state index is 11.5. The largest absolute Gasteiger partial charge is 0.373 e. The molecule has 0 unspecified atom stereocenters.